The second-order valence-corrected chi connectivity index (χ2v) is 16.5. The molecule has 1 heteroatoms. The zero-order valence-corrected chi connectivity index (χ0v) is 35.9. The lowest BCUT2D eigenvalue weighted by atomic mass is 9.88. The van der Waals surface area contributed by atoms with Gasteiger partial charge < -0.3 is 4.90 Å². The van der Waals surface area contributed by atoms with Gasteiger partial charge in [-0.15, -0.1) is 0 Å². The van der Waals surface area contributed by atoms with Crippen LogP contribution in [0.5, 0.6) is 0 Å². The number of anilines is 3. The van der Waals surface area contributed by atoms with Crippen LogP contribution in [0, 0.1) is 0 Å². The molecule has 0 saturated carbocycles. The van der Waals surface area contributed by atoms with Crippen LogP contribution in [-0.4, -0.2) is 0 Å². The molecule has 0 aliphatic rings. The average molecular weight is 828 g/mol. The van der Waals surface area contributed by atoms with Gasteiger partial charge in [0.25, 0.3) is 0 Å². The molecular formula is C64H45N. The predicted molar refractivity (Wildman–Crippen MR) is 277 cm³/mol. The van der Waals surface area contributed by atoms with E-state index in [4.69, 9.17) is 0 Å². The first-order chi connectivity index (χ1) is 32.2. The van der Waals surface area contributed by atoms with Crippen LogP contribution < -0.4 is 4.90 Å². The zero-order chi connectivity index (χ0) is 43.4. The standard InChI is InChI=1S/C64H45N/c1-3-16-46(17-4-1)47-30-32-48(33-31-47)50-38-42-55(43-39-50)65(56-44-40-51(41-45-56)49-34-36-54(37-35-49)58-28-15-21-53-20-7-8-22-57(53)58)64-29-14-13-27-63(64)62-26-12-11-25-61(62)60-24-10-9-23-59(60)52-18-5-2-6-19-52/h1-45H. The van der Waals surface area contributed by atoms with E-state index in [1.807, 2.05) is 0 Å². The number of hydrogen-bond acceptors (Lipinski definition) is 1. The Morgan fingerprint density at radius 3 is 1.06 bits per heavy atom. The third-order valence-corrected chi connectivity index (χ3v) is 12.6. The van der Waals surface area contributed by atoms with Crippen molar-refractivity contribution in [3.63, 3.8) is 0 Å². The number of rotatable bonds is 10. The maximum Gasteiger partial charge on any atom is 0.0540 e. The van der Waals surface area contributed by atoms with Crippen LogP contribution in [0.1, 0.15) is 0 Å². The van der Waals surface area contributed by atoms with E-state index >= 15 is 0 Å². The van der Waals surface area contributed by atoms with E-state index in [1.54, 1.807) is 0 Å². The summed E-state index contributed by atoms with van der Waals surface area (Å²) >= 11 is 0. The van der Waals surface area contributed by atoms with Crippen LogP contribution in [0.3, 0.4) is 0 Å². The van der Waals surface area contributed by atoms with Crippen molar-refractivity contribution in [2.75, 3.05) is 4.90 Å². The van der Waals surface area contributed by atoms with Crippen molar-refractivity contribution < 1.29 is 0 Å². The van der Waals surface area contributed by atoms with Crippen LogP contribution in [0.25, 0.3) is 88.7 Å². The van der Waals surface area contributed by atoms with Crippen LogP contribution in [0.15, 0.2) is 273 Å². The maximum absolute atomic E-state index is 2.41. The quantitative estimate of drug-likeness (QED) is 0.133. The molecule has 0 aliphatic heterocycles. The van der Waals surface area contributed by atoms with Crippen molar-refractivity contribution >= 4 is 27.8 Å². The van der Waals surface area contributed by atoms with Gasteiger partial charge in [0.15, 0.2) is 0 Å². The zero-order valence-electron chi connectivity index (χ0n) is 35.9. The third-order valence-electron chi connectivity index (χ3n) is 12.6. The first-order valence-corrected chi connectivity index (χ1v) is 22.3. The van der Waals surface area contributed by atoms with E-state index in [1.165, 1.54) is 83.1 Å². The molecule has 0 bridgehead atoms. The Morgan fingerprint density at radius 1 is 0.185 bits per heavy atom. The number of fused-ring (bicyclic) bond motifs is 1. The number of benzene rings is 11. The number of hydrogen-bond donors (Lipinski definition) is 0. The highest BCUT2D eigenvalue weighted by Crippen LogP contribution is 2.46. The molecule has 306 valence electrons. The number of nitrogens with zero attached hydrogens (tertiary/aromatic N) is 1. The van der Waals surface area contributed by atoms with E-state index in [2.05, 4.69) is 278 Å². The summed E-state index contributed by atoms with van der Waals surface area (Å²) in [7, 11) is 0. The van der Waals surface area contributed by atoms with Gasteiger partial charge in [-0.1, -0.05) is 243 Å². The molecule has 0 saturated heterocycles. The lowest BCUT2D eigenvalue weighted by Gasteiger charge is -2.29. The normalized spacial score (nSPS) is 11.1. The molecule has 0 N–H and O–H groups in total. The van der Waals surface area contributed by atoms with Gasteiger partial charge in [-0.3, -0.25) is 0 Å². The minimum Gasteiger partial charge on any atom is -0.310 e. The molecule has 0 spiro atoms. The topological polar surface area (TPSA) is 3.24 Å². The van der Waals surface area contributed by atoms with Crippen molar-refractivity contribution in [2.24, 2.45) is 0 Å². The molecule has 0 atom stereocenters. The summed E-state index contributed by atoms with van der Waals surface area (Å²) in [4.78, 5) is 2.41. The summed E-state index contributed by atoms with van der Waals surface area (Å²) < 4.78 is 0. The third kappa shape index (κ3) is 7.93. The van der Waals surface area contributed by atoms with E-state index in [0.717, 1.165) is 22.6 Å². The molecule has 11 rings (SSSR count). The molecule has 0 unspecified atom stereocenters. The molecule has 65 heavy (non-hydrogen) atoms. The van der Waals surface area contributed by atoms with Crippen molar-refractivity contribution in [3.05, 3.63) is 273 Å². The highest BCUT2D eigenvalue weighted by Gasteiger charge is 2.20. The average Bonchev–Trinajstić information content (AvgIpc) is 3.40. The fourth-order valence-corrected chi connectivity index (χ4v) is 9.27. The van der Waals surface area contributed by atoms with Crippen LogP contribution in [-0.2, 0) is 0 Å². The SMILES string of the molecule is c1ccc(-c2ccc(-c3ccc(N(c4ccc(-c5ccc(-c6cccc7ccccc67)cc5)cc4)c4ccccc4-c4ccccc4-c4ccccc4-c4ccccc4)cc3)cc2)cc1. The van der Waals surface area contributed by atoms with Gasteiger partial charge >= 0.3 is 0 Å². The molecule has 1 nitrogen and oxygen atoms in total. The molecule has 11 aromatic rings. The first-order valence-electron chi connectivity index (χ1n) is 22.3. The van der Waals surface area contributed by atoms with E-state index in [0.29, 0.717) is 0 Å². The van der Waals surface area contributed by atoms with Gasteiger partial charge in [-0.05, 0) is 113 Å². The minimum atomic E-state index is 1.08. The van der Waals surface area contributed by atoms with E-state index < -0.39 is 0 Å². The Balaban J connectivity index is 0.990. The second-order valence-electron chi connectivity index (χ2n) is 16.5. The highest BCUT2D eigenvalue weighted by atomic mass is 15.1. The summed E-state index contributed by atoms with van der Waals surface area (Å²) in [6.07, 6.45) is 0. The van der Waals surface area contributed by atoms with Gasteiger partial charge in [-0.2, -0.15) is 0 Å². The van der Waals surface area contributed by atoms with Gasteiger partial charge in [0, 0.05) is 16.9 Å². The lowest BCUT2D eigenvalue weighted by molar-refractivity contribution is 1.28. The van der Waals surface area contributed by atoms with Crippen LogP contribution >= 0.6 is 0 Å². The largest absolute Gasteiger partial charge is 0.310 e. The van der Waals surface area contributed by atoms with Crippen molar-refractivity contribution in [1.29, 1.82) is 0 Å². The van der Waals surface area contributed by atoms with Gasteiger partial charge in [-0.25, -0.2) is 0 Å². The second kappa shape index (κ2) is 17.7. The Morgan fingerprint density at radius 2 is 0.508 bits per heavy atom. The van der Waals surface area contributed by atoms with Gasteiger partial charge in [0.05, 0.1) is 5.69 Å². The van der Waals surface area contributed by atoms with E-state index in [-0.39, 0.29) is 0 Å². The van der Waals surface area contributed by atoms with Gasteiger partial charge in [0.1, 0.15) is 0 Å². The molecule has 0 radical (unpaired) electrons. The fourth-order valence-electron chi connectivity index (χ4n) is 9.27. The molecule has 11 aromatic carbocycles. The van der Waals surface area contributed by atoms with Crippen LogP contribution in [0.2, 0.25) is 0 Å². The van der Waals surface area contributed by atoms with Crippen LogP contribution in [0.4, 0.5) is 17.1 Å². The van der Waals surface area contributed by atoms with Crippen molar-refractivity contribution in [1.82, 2.24) is 0 Å². The summed E-state index contributed by atoms with van der Waals surface area (Å²) in [5.41, 5.74) is 20.0. The monoisotopic (exact) mass is 827 g/mol. The summed E-state index contributed by atoms with van der Waals surface area (Å²) in [6, 6.07) is 98.7. The molecule has 0 fully saturated rings. The molecule has 0 aromatic heterocycles. The van der Waals surface area contributed by atoms with E-state index in [9.17, 15) is 0 Å². The molecule has 0 amide bonds. The summed E-state index contributed by atoms with van der Waals surface area (Å²) in [6.45, 7) is 0. The lowest BCUT2D eigenvalue weighted by Crippen LogP contribution is -2.11. The Labute approximate surface area is 381 Å². The summed E-state index contributed by atoms with van der Waals surface area (Å²) in [5.74, 6) is 0. The maximum atomic E-state index is 2.41. The summed E-state index contributed by atoms with van der Waals surface area (Å²) in [5, 5.41) is 2.52. The Kier molecular flexibility index (Phi) is 10.7. The van der Waals surface area contributed by atoms with Crippen molar-refractivity contribution in [2.45, 2.75) is 0 Å². The minimum absolute atomic E-state index is 1.08. The molecular weight excluding hydrogens is 783 g/mol. The Bertz CT molecular complexity index is 3360. The van der Waals surface area contributed by atoms with Gasteiger partial charge in [0.2, 0.25) is 0 Å². The molecule has 0 aliphatic carbocycles. The Hall–Kier alpha value is -8.52. The highest BCUT2D eigenvalue weighted by molar-refractivity contribution is 5.98. The fraction of sp³-hybridized carbons (Fsp3) is 0. The smallest absolute Gasteiger partial charge is 0.0540 e. The first kappa shape index (κ1) is 39.3. The van der Waals surface area contributed by atoms with Crippen molar-refractivity contribution in [3.8, 4) is 77.9 Å². The molecule has 0 heterocycles. The predicted octanol–water partition coefficient (Wildman–Crippen LogP) is 18.0. The number of para-hydroxylation sites is 1.